The van der Waals surface area contributed by atoms with E-state index in [1.807, 2.05) is 12.2 Å². The average Bonchev–Trinajstić information content (AvgIpc) is 3.20. The van der Waals surface area contributed by atoms with E-state index < -0.39 is 0 Å². The standard InChI is InChI=1S/C37H46/c1-11-19-29-27(15-5)31(20-12-2)36(9,33(29)22-14-4)25-35(7,8)26-37(10)32(21-13-3)28(16-6)30-23-17-18-24-34(30)37/h11-24H,5-6,25-26H2,1-4,7-10H3/b19-11-,20-12-,21-13-,22-14-. The first kappa shape index (κ1) is 28.5. The molecular formula is C37H46. The number of hydrogen-bond donors (Lipinski definition) is 0. The van der Waals surface area contributed by atoms with Gasteiger partial charge in [0.1, 0.15) is 0 Å². The van der Waals surface area contributed by atoms with Crippen LogP contribution in [0.1, 0.15) is 79.4 Å². The maximum Gasteiger partial charge on any atom is 0.0192 e. The van der Waals surface area contributed by atoms with Crippen LogP contribution in [0, 0.1) is 10.8 Å². The highest BCUT2D eigenvalue weighted by Crippen LogP contribution is 2.59. The van der Waals surface area contributed by atoms with Crippen molar-refractivity contribution < 1.29 is 0 Å². The van der Waals surface area contributed by atoms with Crippen LogP contribution in [0.15, 0.2) is 126 Å². The SMILES string of the molecule is C=CC1=C(/C=C\C)C(C)(CC(C)(C)CC2(C)C(/C=C\C)=C(C=C)c3ccccc32)C(/C=C\C)=C1/C=C\C. The second-order valence-electron chi connectivity index (χ2n) is 11.6. The Hall–Kier alpha value is -3.12. The van der Waals surface area contributed by atoms with E-state index in [1.54, 1.807) is 0 Å². The third-order valence-electron chi connectivity index (χ3n) is 8.16. The summed E-state index contributed by atoms with van der Waals surface area (Å²) in [7, 11) is 0. The highest BCUT2D eigenvalue weighted by molar-refractivity contribution is 5.87. The molecule has 2 aliphatic rings. The lowest BCUT2D eigenvalue weighted by molar-refractivity contribution is 0.197. The quantitative estimate of drug-likeness (QED) is 0.306. The Labute approximate surface area is 227 Å². The van der Waals surface area contributed by atoms with Crippen LogP contribution < -0.4 is 0 Å². The topological polar surface area (TPSA) is 0 Å². The molecule has 0 heterocycles. The molecule has 0 bridgehead atoms. The Bertz CT molecular complexity index is 1280. The summed E-state index contributed by atoms with van der Waals surface area (Å²) in [5, 5.41) is 0. The van der Waals surface area contributed by atoms with Crippen molar-refractivity contribution in [1.82, 2.24) is 0 Å². The van der Waals surface area contributed by atoms with Gasteiger partial charge >= 0.3 is 0 Å². The van der Waals surface area contributed by atoms with Crippen molar-refractivity contribution in [3.8, 4) is 0 Å². The fraction of sp³-hybridized carbons (Fsp3) is 0.351. The van der Waals surface area contributed by atoms with Crippen LogP contribution in [0.2, 0.25) is 0 Å². The monoisotopic (exact) mass is 490 g/mol. The minimum absolute atomic E-state index is 0.0391. The van der Waals surface area contributed by atoms with Crippen LogP contribution in [0.5, 0.6) is 0 Å². The molecule has 0 N–H and O–H groups in total. The lowest BCUT2D eigenvalue weighted by atomic mass is 9.61. The van der Waals surface area contributed by atoms with Crippen molar-refractivity contribution in [3.63, 3.8) is 0 Å². The molecule has 2 atom stereocenters. The fourth-order valence-corrected chi connectivity index (χ4v) is 7.28. The molecule has 1 aromatic rings. The molecule has 0 radical (unpaired) electrons. The molecule has 0 aliphatic heterocycles. The Balaban J connectivity index is 2.18. The summed E-state index contributed by atoms with van der Waals surface area (Å²) >= 11 is 0. The third-order valence-corrected chi connectivity index (χ3v) is 8.16. The lowest BCUT2D eigenvalue weighted by Gasteiger charge is -2.43. The van der Waals surface area contributed by atoms with Gasteiger partial charge in [-0.15, -0.1) is 0 Å². The second-order valence-corrected chi connectivity index (χ2v) is 11.6. The van der Waals surface area contributed by atoms with Crippen molar-refractivity contribution in [2.24, 2.45) is 10.8 Å². The molecule has 194 valence electrons. The first-order valence-electron chi connectivity index (χ1n) is 13.7. The van der Waals surface area contributed by atoms with Crippen molar-refractivity contribution in [2.45, 2.75) is 73.6 Å². The van der Waals surface area contributed by atoms with Gasteiger partial charge in [0.25, 0.3) is 0 Å². The van der Waals surface area contributed by atoms with Crippen LogP contribution >= 0.6 is 0 Å². The van der Waals surface area contributed by atoms with Crippen molar-refractivity contribution in [3.05, 3.63) is 137 Å². The normalized spacial score (nSPS) is 24.6. The van der Waals surface area contributed by atoms with Gasteiger partial charge in [0, 0.05) is 10.8 Å². The smallest absolute Gasteiger partial charge is 0.0192 e. The molecule has 3 rings (SSSR count). The van der Waals surface area contributed by atoms with Crippen LogP contribution in [0.3, 0.4) is 0 Å². The number of fused-ring (bicyclic) bond motifs is 1. The van der Waals surface area contributed by atoms with Crippen LogP contribution in [-0.4, -0.2) is 0 Å². The summed E-state index contributed by atoms with van der Waals surface area (Å²) in [5.41, 5.74) is 10.5. The first-order chi connectivity index (χ1) is 17.6. The molecule has 0 spiro atoms. The molecule has 0 saturated carbocycles. The van der Waals surface area contributed by atoms with E-state index in [0.717, 1.165) is 12.8 Å². The minimum Gasteiger partial charge on any atom is -0.0984 e. The largest absolute Gasteiger partial charge is 0.0984 e. The molecule has 0 saturated heterocycles. The Morgan fingerprint density at radius 1 is 0.649 bits per heavy atom. The van der Waals surface area contributed by atoms with E-state index in [4.69, 9.17) is 0 Å². The van der Waals surface area contributed by atoms with Crippen molar-refractivity contribution >= 4 is 5.57 Å². The number of allylic oxidation sites excluding steroid dienone is 16. The van der Waals surface area contributed by atoms with Gasteiger partial charge in [0.2, 0.25) is 0 Å². The van der Waals surface area contributed by atoms with Gasteiger partial charge < -0.3 is 0 Å². The molecule has 0 heteroatoms. The zero-order chi connectivity index (χ0) is 27.4. The average molecular weight is 491 g/mol. The molecule has 0 fully saturated rings. The van der Waals surface area contributed by atoms with E-state index in [1.165, 1.54) is 44.6 Å². The van der Waals surface area contributed by atoms with Crippen LogP contribution in [0.4, 0.5) is 0 Å². The summed E-state index contributed by atoms with van der Waals surface area (Å²) < 4.78 is 0. The first-order valence-corrected chi connectivity index (χ1v) is 13.7. The molecule has 0 nitrogen and oxygen atoms in total. The molecule has 0 aromatic heterocycles. The number of benzene rings is 1. The molecule has 37 heavy (non-hydrogen) atoms. The van der Waals surface area contributed by atoms with Gasteiger partial charge in [0.05, 0.1) is 0 Å². The molecule has 2 aliphatic carbocycles. The van der Waals surface area contributed by atoms with Gasteiger partial charge in [-0.25, -0.2) is 0 Å². The lowest BCUT2D eigenvalue weighted by Crippen LogP contribution is -2.34. The molecule has 2 unspecified atom stereocenters. The molecular weight excluding hydrogens is 444 g/mol. The summed E-state index contributed by atoms with van der Waals surface area (Å²) in [4.78, 5) is 0. The third kappa shape index (κ3) is 4.91. The summed E-state index contributed by atoms with van der Waals surface area (Å²) in [6, 6.07) is 8.90. The highest BCUT2D eigenvalue weighted by atomic mass is 14.5. The maximum absolute atomic E-state index is 4.22. The molecule has 1 aromatic carbocycles. The van der Waals surface area contributed by atoms with E-state index >= 15 is 0 Å². The highest BCUT2D eigenvalue weighted by Gasteiger charge is 2.47. The summed E-state index contributed by atoms with van der Waals surface area (Å²) in [5.74, 6) is 0. The van der Waals surface area contributed by atoms with Gasteiger partial charge in [-0.3, -0.25) is 0 Å². The van der Waals surface area contributed by atoms with Crippen molar-refractivity contribution in [1.29, 1.82) is 0 Å². The zero-order valence-corrected chi connectivity index (χ0v) is 24.4. The predicted octanol–water partition coefficient (Wildman–Crippen LogP) is 10.8. The van der Waals surface area contributed by atoms with Gasteiger partial charge in [-0.2, -0.15) is 0 Å². The minimum atomic E-state index is -0.124. The summed E-state index contributed by atoms with van der Waals surface area (Å²) in [6.07, 6.45) is 24.0. The number of rotatable bonds is 10. The van der Waals surface area contributed by atoms with Crippen LogP contribution in [0.25, 0.3) is 5.57 Å². The van der Waals surface area contributed by atoms with Crippen LogP contribution in [-0.2, 0) is 5.41 Å². The van der Waals surface area contributed by atoms with Crippen molar-refractivity contribution in [2.75, 3.05) is 0 Å². The van der Waals surface area contributed by atoms with Gasteiger partial charge in [-0.1, -0.05) is 126 Å². The van der Waals surface area contributed by atoms with Gasteiger partial charge in [0.15, 0.2) is 0 Å². The fourth-order valence-electron chi connectivity index (χ4n) is 7.28. The van der Waals surface area contributed by atoms with E-state index in [2.05, 4.69) is 141 Å². The second kappa shape index (κ2) is 11.1. The maximum atomic E-state index is 4.22. The van der Waals surface area contributed by atoms with E-state index in [9.17, 15) is 0 Å². The Morgan fingerprint density at radius 2 is 1.11 bits per heavy atom. The Kier molecular flexibility index (Phi) is 8.53. The van der Waals surface area contributed by atoms with E-state index in [0.29, 0.717) is 0 Å². The van der Waals surface area contributed by atoms with Gasteiger partial charge in [-0.05, 0) is 90.5 Å². The van der Waals surface area contributed by atoms with E-state index in [-0.39, 0.29) is 16.2 Å². The molecule has 0 amide bonds. The Morgan fingerprint density at radius 3 is 1.62 bits per heavy atom. The number of hydrogen-bond acceptors (Lipinski definition) is 0. The summed E-state index contributed by atoms with van der Waals surface area (Å²) in [6.45, 7) is 26.6. The predicted molar refractivity (Wildman–Crippen MR) is 166 cm³/mol. The zero-order valence-electron chi connectivity index (χ0n) is 24.4.